The lowest BCUT2D eigenvalue weighted by atomic mass is 9.96. The minimum absolute atomic E-state index is 0.166. The highest BCUT2D eigenvalue weighted by Crippen LogP contribution is 2.30. The Morgan fingerprint density at radius 2 is 1.93 bits per heavy atom. The van der Waals surface area contributed by atoms with Crippen molar-refractivity contribution in [1.29, 1.82) is 0 Å². The maximum Gasteiger partial charge on any atom is 0.325 e. The first-order valence-corrected chi connectivity index (χ1v) is 4.61. The Bertz CT molecular complexity index is 302. The van der Waals surface area contributed by atoms with Gasteiger partial charge in [-0.3, -0.25) is 9.69 Å². The van der Waals surface area contributed by atoms with Crippen LogP contribution in [0, 0.1) is 0 Å². The van der Waals surface area contributed by atoms with Gasteiger partial charge in [-0.05, 0) is 20.8 Å². The van der Waals surface area contributed by atoms with Gasteiger partial charge in [0.1, 0.15) is 0 Å². The summed E-state index contributed by atoms with van der Waals surface area (Å²) in [6, 6.07) is -0.314. The van der Waals surface area contributed by atoms with Crippen molar-refractivity contribution in [2.24, 2.45) is 0 Å². The van der Waals surface area contributed by atoms with Crippen LogP contribution in [0.5, 0.6) is 0 Å². The summed E-state index contributed by atoms with van der Waals surface area (Å²) < 4.78 is 4.98. The monoisotopic (exact) mass is 198 g/mol. The lowest BCUT2D eigenvalue weighted by Crippen LogP contribution is -2.62. The van der Waals surface area contributed by atoms with Crippen LogP contribution in [-0.4, -0.2) is 41.1 Å². The minimum atomic E-state index is -0.760. The molecule has 2 saturated heterocycles. The number of hydrogen-bond acceptors (Lipinski definition) is 3. The van der Waals surface area contributed by atoms with Gasteiger partial charge in [0.15, 0.2) is 5.54 Å². The van der Waals surface area contributed by atoms with Crippen LogP contribution >= 0.6 is 0 Å². The number of nitrogens with zero attached hydrogens (tertiary/aromatic N) is 1. The fourth-order valence-corrected chi connectivity index (χ4v) is 1.73. The second-order valence-corrected chi connectivity index (χ2v) is 4.82. The van der Waals surface area contributed by atoms with Gasteiger partial charge in [-0.15, -0.1) is 0 Å². The molecule has 0 aromatic rings. The van der Waals surface area contributed by atoms with E-state index >= 15 is 0 Å². The highest BCUT2D eigenvalue weighted by molar-refractivity contribution is 6.08. The second-order valence-electron chi connectivity index (χ2n) is 4.82. The number of amides is 3. The Kier molecular flexibility index (Phi) is 1.67. The van der Waals surface area contributed by atoms with Crippen molar-refractivity contribution in [2.45, 2.75) is 31.8 Å². The topological polar surface area (TPSA) is 58.6 Å². The molecule has 0 atom stereocenters. The summed E-state index contributed by atoms with van der Waals surface area (Å²) in [6.07, 6.45) is 0. The molecule has 0 aromatic heterocycles. The van der Waals surface area contributed by atoms with Crippen molar-refractivity contribution < 1.29 is 14.3 Å². The number of carbonyl (C=O) groups is 2. The third kappa shape index (κ3) is 1.05. The smallest absolute Gasteiger partial charge is 0.325 e. The molecule has 1 spiro atoms. The number of carbonyl (C=O) groups excluding carboxylic acids is 2. The first-order valence-electron chi connectivity index (χ1n) is 4.61. The lowest BCUT2D eigenvalue weighted by Gasteiger charge is -2.36. The summed E-state index contributed by atoms with van der Waals surface area (Å²) in [6.45, 7) is 6.10. The van der Waals surface area contributed by atoms with Gasteiger partial charge in [0.25, 0.3) is 5.91 Å². The van der Waals surface area contributed by atoms with Crippen LogP contribution < -0.4 is 5.32 Å². The average Bonchev–Trinajstić information content (AvgIpc) is 2.19. The molecule has 0 aromatic carbocycles. The van der Waals surface area contributed by atoms with E-state index in [0.29, 0.717) is 13.2 Å². The van der Waals surface area contributed by atoms with Gasteiger partial charge in [0, 0.05) is 5.54 Å². The molecule has 5 nitrogen and oxygen atoms in total. The molecule has 14 heavy (non-hydrogen) atoms. The van der Waals surface area contributed by atoms with Crippen LogP contribution in [0.25, 0.3) is 0 Å². The predicted octanol–water partition coefficient (Wildman–Crippen LogP) is 0.106. The van der Waals surface area contributed by atoms with Crippen molar-refractivity contribution in [3.05, 3.63) is 0 Å². The number of rotatable bonds is 0. The maximum absolute atomic E-state index is 11.9. The Morgan fingerprint density at radius 3 is 2.14 bits per heavy atom. The summed E-state index contributed by atoms with van der Waals surface area (Å²) >= 11 is 0. The number of ether oxygens (including phenoxy) is 1. The fraction of sp³-hybridized carbons (Fsp3) is 0.778. The largest absolute Gasteiger partial charge is 0.375 e. The van der Waals surface area contributed by atoms with Gasteiger partial charge in [0.05, 0.1) is 13.2 Å². The first kappa shape index (κ1) is 9.45. The summed E-state index contributed by atoms with van der Waals surface area (Å²) in [5.74, 6) is -0.166. The molecule has 0 radical (unpaired) electrons. The number of nitrogens with one attached hydrogen (secondary N) is 1. The molecule has 2 rings (SSSR count). The normalized spacial score (nSPS) is 25.2. The highest BCUT2D eigenvalue weighted by atomic mass is 16.5. The van der Waals surface area contributed by atoms with Crippen LogP contribution in [0.3, 0.4) is 0 Å². The quantitative estimate of drug-likeness (QED) is 0.562. The van der Waals surface area contributed by atoms with Crippen LogP contribution in [0.15, 0.2) is 0 Å². The average molecular weight is 198 g/mol. The molecule has 0 saturated carbocycles. The second kappa shape index (κ2) is 2.48. The number of imide groups is 1. The van der Waals surface area contributed by atoms with Gasteiger partial charge in [-0.1, -0.05) is 0 Å². The molecule has 2 aliphatic rings. The summed E-state index contributed by atoms with van der Waals surface area (Å²) in [4.78, 5) is 24.8. The van der Waals surface area contributed by atoms with Crippen LogP contribution in [0.1, 0.15) is 20.8 Å². The standard InChI is InChI=1S/C9H14N2O3/c1-8(2,3)11-6(12)9(4-14-5-9)10-7(11)13/h4-5H2,1-3H3,(H,10,13). The van der Waals surface area contributed by atoms with Crippen LogP contribution in [0.2, 0.25) is 0 Å². The zero-order chi connectivity index (χ0) is 10.6. The van der Waals surface area contributed by atoms with E-state index in [1.54, 1.807) is 0 Å². The van der Waals surface area contributed by atoms with Crippen molar-refractivity contribution in [3.8, 4) is 0 Å². The zero-order valence-corrected chi connectivity index (χ0v) is 8.59. The fourth-order valence-electron chi connectivity index (χ4n) is 1.73. The highest BCUT2D eigenvalue weighted by Gasteiger charge is 2.58. The third-order valence-electron chi connectivity index (χ3n) is 2.53. The lowest BCUT2D eigenvalue weighted by molar-refractivity contribution is -0.150. The van der Waals surface area contributed by atoms with E-state index in [9.17, 15) is 9.59 Å². The molecular formula is C9H14N2O3. The predicted molar refractivity (Wildman–Crippen MR) is 48.7 cm³/mol. The van der Waals surface area contributed by atoms with E-state index < -0.39 is 11.1 Å². The summed E-state index contributed by atoms with van der Waals surface area (Å²) in [5.41, 5.74) is -1.23. The van der Waals surface area contributed by atoms with Gasteiger partial charge >= 0.3 is 6.03 Å². The summed E-state index contributed by atoms with van der Waals surface area (Å²) in [5, 5.41) is 2.69. The third-order valence-corrected chi connectivity index (χ3v) is 2.53. The zero-order valence-electron chi connectivity index (χ0n) is 8.59. The Labute approximate surface area is 82.4 Å². The Balaban J connectivity index is 2.29. The summed E-state index contributed by atoms with van der Waals surface area (Å²) in [7, 11) is 0. The van der Waals surface area contributed by atoms with Gasteiger partial charge < -0.3 is 10.1 Å². The maximum atomic E-state index is 11.9. The first-order chi connectivity index (χ1) is 6.37. The van der Waals surface area contributed by atoms with E-state index in [2.05, 4.69) is 5.32 Å². The molecule has 1 N–H and O–H groups in total. The molecule has 78 valence electrons. The molecule has 2 heterocycles. The van der Waals surface area contributed by atoms with Crippen molar-refractivity contribution in [2.75, 3.05) is 13.2 Å². The molecule has 3 amide bonds. The Morgan fingerprint density at radius 1 is 1.36 bits per heavy atom. The van der Waals surface area contributed by atoms with Gasteiger partial charge in [-0.25, -0.2) is 4.79 Å². The molecule has 0 unspecified atom stereocenters. The molecule has 2 aliphatic heterocycles. The van der Waals surface area contributed by atoms with Crippen molar-refractivity contribution in [3.63, 3.8) is 0 Å². The van der Waals surface area contributed by atoms with Crippen molar-refractivity contribution >= 4 is 11.9 Å². The SMILES string of the molecule is CC(C)(C)N1C(=O)NC2(COC2)C1=O. The molecule has 0 aliphatic carbocycles. The van der Waals surface area contributed by atoms with Gasteiger partial charge in [-0.2, -0.15) is 0 Å². The molecule has 0 bridgehead atoms. The van der Waals surface area contributed by atoms with E-state index in [0.717, 1.165) is 0 Å². The molecule has 5 heteroatoms. The van der Waals surface area contributed by atoms with E-state index in [4.69, 9.17) is 4.74 Å². The van der Waals surface area contributed by atoms with Gasteiger partial charge in [0.2, 0.25) is 0 Å². The van der Waals surface area contributed by atoms with Crippen LogP contribution in [0.4, 0.5) is 4.79 Å². The minimum Gasteiger partial charge on any atom is -0.375 e. The van der Waals surface area contributed by atoms with Crippen molar-refractivity contribution in [1.82, 2.24) is 10.2 Å². The number of hydrogen-bond donors (Lipinski definition) is 1. The van der Waals surface area contributed by atoms with E-state index in [1.165, 1.54) is 4.90 Å². The Hall–Kier alpha value is -1.10. The molecule has 2 fully saturated rings. The van der Waals surface area contributed by atoms with Crippen LogP contribution in [-0.2, 0) is 9.53 Å². The van der Waals surface area contributed by atoms with E-state index in [-0.39, 0.29) is 11.9 Å². The molecular weight excluding hydrogens is 184 g/mol. The van der Waals surface area contributed by atoms with E-state index in [1.807, 2.05) is 20.8 Å². The number of urea groups is 1.